The highest BCUT2D eigenvalue weighted by molar-refractivity contribution is 6.33. The zero-order valence-electron chi connectivity index (χ0n) is 7.94. The lowest BCUT2D eigenvalue weighted by Gasteiger charge is -2.21. The summed E-state index contributed by atoms with van der Waals surface area (Å²) in [5.74, 6) is -2.18. The van der Waals surface area contributed by atoms with Gasteiger partial charge in [-0.1, -0.05) is 41.9 Å². The Morgan fingerprint density at radius 3 is 2.27 bits per heavy atom. The molecular formula is C10H9ClO4. The lowest BCUT2D eigenvalue weighted by atomic mass is 10.1. The minimum Gasteiger partial charge on any atom is -0.477 e. The van der Waals surface area contributed by atoms with E-state index in [1.807, 2.05) is 0 Å². The Labute approximate surface area is 91.4 Å². The molecule has 0 aliphatic carbocycles. The van der Waals surface area contributed by atoms with Gasteiger partial charge < -0.3 is 9.84 Å². The number of alkyl halides is 1. The summed E-state index contributed by atoms with van der Waals surface area (Å²) >= 11 is 5.75. The molecule has 4 nitrogen and oxygen atoms in total. The maximum atomic E-state index is 10.9. The molecule has 0 heterocycles. The number of hydrogen-bond acceptors (Lipinski definition) is 3. The van der Waals surface area contributed by atoms with Crippen LogP contribution in [0.25, 0.3) is 0 Å². The van der Waals surface area contributed by atoms with Crippen LogP contribution in [0.5, 0.6) is 0 Å². The molecule has 0 radical (unpaired) electrons. The number of hydrogen-bond donors (Lipinski definition) is 1. The summed E-state index contributed by atoms with van der Waals surface area (Å²) in [5.41, 5.74) is 0.203. The fourth-order valence-electron chi connectivity index (χ4n) is 1.08. The lowest BCUT2D eigenvalue weighted by Crippen LogP contribution is -2.34. The molecule has 1 atom stereocenters. The number of carbonyl (C=O) groups excluding carboxylic acids is 1. The van der Waals surface area contributed by atoms with Crippen LogP contribution in [0.1, 0.15) is 12.5 Å². The van der Waals surface area contributed by atoms with Crippen molar-refractivity contribution in [2.75, 3.05) is 0 Å². The largest absolute Gasteiger partial charge is 0.477 e. The summed E-state index contributed by atoms with van der Waals surface area (Å²) in [6.45, 7) is 1.10. The average molecular weight is 229 g/mol. The molecule has 0 saturated heterocycles. The Morgan fingerprint density at radius 2 is 1.87 bits per heavy atom. The van der Waals surface area contributed by atoms with Gasteiger partial charge in [0.05, 0.1) is 0 Å². The van der Waals surface area contributed by atoms with Gasteiger partial charge in [-0.15, -0.1) is 0 Å². The number of ether oxygens (including phenoxy) is 1. The van der Waals surface area contributed by atoms with Gasteiger partial charge in [0.15, 0.2) is 0 Å². The smallest absolute Gasteiger partial charge is 0.369 e. The van der Waals surface area contributed by atoms with E-state index in [0.717, 1.165) is 6.92 Å². The number of rotatable bonds is 3. The van der Waals surface area contributed by atoms with Crippen molar-refractivity contribution in [3.05, 3.63) is 35.9 Å². The van der Waals surface area contributed by atoms with Crippen LogP contribution in [-0.4, -0.2) is 17.0 Å². The first-order valence-corrected chi connectivity index (χ1v) is 4.52. The molecule has 1 unspecified atom stereocenters. The predicted molar refractivity (Wildman–Crippen MR) is 53.4 cm³/mol. The second-order valence-corrected chi connectivity index (χ2v) is 3.39. The van der Waals surface area contributed by atoms with E-state index in [-0.39, 0.29) is 5.56 Å². The fourth-order valence-corrected chi connectivity index (χ4v) is 1.31. The van der Waals surface area contributed by atoms with E-state index in [9.17, 15) is 9.59 Å². The number of benzene rings is 1. The highest BCUT2D eigenvalue weighted by Crippen LogP contribution is 2.30. The second kappa shape index (κ2) is 4.31. The van der Waals surface area contributed by atoms with Crippen LogP contribution in [0.3, 0.4) is 0 Å². The second-order valence-electron chi connectivity index (χ2n) is 2.86. The van der Waals surface area contributed by atoms with Crippen LogP contribution in [0.15, 0.2) is 30.3 Å². The van der Waals surface area contributed by atoms with Crippen molar-refractivity contribution >= 4 is 23.5 Å². The zero-order valence-corrected chi connectivity index (χ0v) is 8.69. The van der Waals surface area contributed by atoms with Gasteiger partial charge in [-0.3, -0.25) is 4.79 Å². The van der Waals surface area contributed by atoms with Gasteiger partial charge in [-0.05, 0) is 0 Å². The quantitative estimate of drug-likeness (QED) is 0.632. The first kappa shape index (κ1) is 11.5. The first-order chi connectivity index (χ1) is 6.97. The van der Waals surface area contributed by atoms with E-state index in [2.05, 4.69) is 4.74 Å². The maximum Gasteiger partial charge on any atom is 0.369 e. The van der Waals surface area contributed by atoms with Crippen molar-refractivity contribution in [3.8, 4) is 0 Å². The SMILES string of the molecule is CC(=O)OC(Cl)(C(=O)O)c1ccccc1. The summed E-state index contributed by atoms with van der Waals surface area (Å²) in [7, 11) is 0. The normalized spacial score (nSPS) is 14.0. The highest BCUT2D eigenvalue weighted by Gasteiger charge is 2.41. The summed E-state index contributed by atoms with van der Waals surface area (Å²) in [5, 5.41) is 6.78. The standard InChI is InChI=1S/C10H9ClO4/c1-7(12)15-10(11,9(13)14)8-5-3-2-4-6-8/h2-6H,1H3,(H,13,14). The molecule has 0 saturated carbocycles. The van der Waals surface area contributed by atoms with Gasteiger partial charge in [0.2, 0.25) is 0 Å². The van der Waals surface area contributed by atoms with Gasteiger partial charge in [0, 0.05) is 12.5 Å². The molecule has 1 rings (SSSR count). The van der Waals surface area contributed by atoms with Crippen LogP contribution >= 0.6 is 11.6 Å². The van der Waals surface area contributed by atoms with Gasteiger partial charge in [-0.25, -0.2) is 4.79 Å². The number of carbonyl (C=O) groups is 2. The first-order valence-electron chi connectivity index (χ1n) is 4.14. The average Bonchev–Trinajstić information content (AvgIpc) is 2.17. The minimum atomic E-state index is -2.15. The van der Waals surface area contributed by atoms with Gasteiger partial charge in [-0.2, -0.15) is 0 Å². The van der Waals surface area contributed by atoms with Gasteiger partial charge in [0.25, 0.3) is 0 Å². The van der Waals surface area contributed by atoms with Crippen molar-refractivity contribution in [3.63, 3.8) is 0 Å². The summed E-state index contributed by atoms with van der Waals surface area (Å²) < 4.78 is 4.61. The molecule has 0 amide bonds. The van der Waals surface area contributed by atoms with Gasteiger partial charge >= 0.3 is 17.0 Å². The number of carboxylic acid groups (broad SMARTS) is 1. The van der Waals surface area contributed by atoms with Crippen LogP contribution in [0.2, 0.25) is 0 Å². The molecular weight excluding hydrogens is 220 g/mol. The summed E-state index contributed by atoms with van der Waals surface area (Å²) in [6, 6.07) is 7.88. The van der Waals surface area contributed by atoms with Crippen molar-refractivity contribution in [2.45, 2.75) is 12.0 Å². The molecule has 1 aromatic rings. The van der Waals surface area contributed by atoms with E-state index >= 15 is 0 Å². The Hall–Kier alpha value is -1.55. The number of carboxylic acids is 1. The van der Waals surface area contributed by atoms with Gasteiger partial charge in [0.1, 0.15) is 0 Å². The molecule has 0 aromatic heterocycles. The molecule has 1 N–H and O–H groups in total. The van der Waals surface area contributed by atoms with Crippen molar-refractivity contribution in [1.29, 1.82) is 0 Å². The van der Waals surface area contributed by atoms with Crippen LogP contribution < -0.4 is 0 Å². The van der Waals surface area contributed by atoms with Crippen molar-refractivity contribution in [2.24, 2.45) is 0 Å². The van der Waals surface area contributed by atoms with Crippen molar-refractivity contribution < 1.29 is 19.4 Å². The van der Waals surface area contributed by atoms with E-state index in [0.29, 0.717) is 0 Å². The predicted octanol–water partition coefficient (Wildman–Crippen LogP) is 1.73. The Kier molecular flexibility index (Phi) is 3.31. The van der Waals surface area contributed by atoms with Crippen LogP contribution in [-0.2, 0) is 19.4 Å². The number of esters is 1. The van der Waals surface area contributed by atoms with E-state index in [4.69, 9.17) is 16.7 Å². The molecule has 0 spiro atoms. The molecule has 0 bridgehead atoms. The van der Waals surface area contributed by atoms with E-state index < -0.39 is 17.0 Å². The maximum absolute atomic E-state index is 10.9. The zero-order chi connectivity index (χ0) is 11.5. The molecule has 1 aromatic carbocycles. The van der Waals surface area contributed by atoms with Crippen molar-refractivity contribution in [1.82, 2.24) is 0 Å². The number of aliphatic carboxylic acids is 1. The molecule has 15 heavy (non-hydrogen) atoms. The Bertz CT molecular complexity index is 376. The monoisotopic (exact) mass is 228 g/mol. The highest BCUT2D eigenvalue weighted by atomic mass is 35.5. The Balaban J connectivity index is 3.13. The van der Waals surface area contributed by atoms with E-state index in [1.54, 1.807) is 18.2 Å². The minimum absolute atomic E-state index is 0.203. The fraction of sp³-hybridized carbons (Fsp3) is 0.200. The topological polar surface area (TPSA) is 63.6 Å². The molecule has 5 heteroatoms. The third-order valence-corrected chi connectivity index (χ3v) is 2.16. The number of halogens is 1. The molecule has 0 aliphatic heterocycles. The van der Waals surface area contributed by atoms with E-state index in [1.165, 1.54) is 12.1 Å². The molecule has 0 aliphatic rings. The molecule has 80 valence electrons. The molecule has 0 fully saturated rings. The van der Waals surface area contributed by atoms with Crippen LogP contribution in [0.4, 0.5) is 0 Å². The third kappa shape index (κ3) is 2.47. The summed E-state index contributed by atoms with van der Waals surface area (Å²) in [4.78, 5) is 21.7. The Morgan fingerprint density at radius 1 is 1.33 bits per heavy atom. The van der Waals surface area contributed by atoms with Crippen LogP contribution in [0, 0.1) is 0 Å². The summed E-state index contributed by atoms with van der Waals surface area (Å²) in [6.07, 6.45) is 0. The lowest BCUT2D eigenvalue weighted by molar-refractivity contribution is -0.168. The third-order valence-electron chi connectivity index (χ3n) is 1.70.